The highest BCUT2D eigenvalue weighted by molar-refractivity contribution is 14.0. The molecular formula is C18H24F2IN5. The molecule has 3 rings (SSSR count). The van der Waals surface area contributed by atoms with Crippen molar-refractivity contribution in [2.24, 2.45) is 12.0 Å². The monoisotopic (exact) mass is 475 g/mol. The van der Waals surface area contributed by atoms with Gasteiger partial charge in [-0.2, -0.15) is 5.10 Å². The second-order valence-corrected chi connectivity index (χ2v) is 6.28. The Balaban J connectivity index is 0.00000243. The van der Waals surface area contributed by atoms with Crippen LogP contribution < -0.4 is 5.32 Å². The lowest BCUT2D eigenvalue weighted by molar-refractivity contribution is 0.485. The number of nitrogens with zero attached hydrogens (tertiary/aromatic N) is 4. The number of guanidine groups is 1. The number of aryl methyl sites for hydroxylation is 1. The molecule has 0 aliphatic carbocycles. The van der Waals surface area contributed by atoms with Gasteiger partial charge in [-0.25, -0.2) is 13.8 Å². The fourth-order valence-corrected chi connectivity index (χ4v) is 3.13. The molecule has 5 nitrogen and oxygen atoms in total. The number of benzene rings is 1. The van der Waals surface area contributed by atoms with E-state index in [1.807, 2.05) is 31.0 Å². The third-order valence-electron chi connectivity index (χ3n) is 4.43. The molecule has 1 aromatic heterocycles. The number of hydrogen-bond acceptors (Lipinski definition) is 2. The standard InChI is InChI=1S/C18H23F2N5.HI/c1-3-21-18(22-9-14-8-16(19)4-5-17(14)20)25-7-6-13(12-25)15-10-23-24(2)11-15;/h4-5,8,10-11,13H,3,6-7,9,12H2,1-2H3,(H,21,22);1H. The van der Waals surface area contributed by atoms with Crippen molar-refractivity contribution >= 4 is 29.9 Å². The first-order chi connectivity index (χ1) is 12.1. The maximum absolute atomic E-state index is 13.8. The number of aliphatic imine (C=N–C) groups is 1. The minimum absolute atomic E-state index is 0. The highest BCUT2D eigenvalue weighted by Gasteiger charge is 2.26. The van der Waals surface area contributed by atoms with E-state index in [2.05, 4.69) is 20.3 Å². The fourth-order valence-electron chi connectivity index (χ4n) is 3.13. The smallest absolute Gasteiger partial charge is 0.194 e. The van der Waals surface area contributed by atoms with E-state index in [-0.39, 0.29) is 36.1 Å². The molecule has 2 heterocycles. The lowest BCUT2D eigenvalue weighted by Crippen LogP contribution is -2.40. The number of hydrogen-bond donors (Lipinski definition) is 1. The van der Waals surface area contributed by atoms with Crippen LogP contribution in [0, 0.1) is 11.6 Å². The zero-order valence-electron chi connectivity index (χ0n) is 15.0. The van der Waals surface area contributed by atoms with Gasteiger partial charge in [-0.05, 0) is 37.1 Å². The van der Waals surface area contributed by atoms with Gasteiger partial charge in [-0.3, -0.25) is 4.68 Å². The number of aromatic nitrogens is 2. The predicted octanol–water partition coefficient (Wildman–Crippen LogP) is 3.27. The van der Waals surface area contributed by atoms with Crippen molar-refractivity contribution in [2.75, 3.05) is 19.6 Å². The summed E-state index contributed by atoms with van der Waals surface area (Å²) in [7, 11) is 1.91. The van der Waals surface area contributed by atoms with Gasteiger partial charge >= 0.3 is 0 Å². The van der Waals surface area contributed by atoms with Crippen LogP contribution in [0.4, 0.5) is 8.78 Å². The van der Waals surface area contributed by atoms with E-state index in [4.69, 9.17) is 0 Å². The summed E-state index contributed by atoms with van der Waals surface area (Å²) < 4.78 is 28.9. The molecule has 0 radical (unpaired) electrons. The summed E-state index contributed by atoms with van der Waals surface area (Å²) in [5.41, 5.74) is 1.48. The van der Waals surface area contributed by atoms with Crippen molar-refractivity contribution in [1.82, 2.24) is 20.0 Å². The number of halogens is 3. The van der Waals surface area contributed by atoms with Gasteiger partial charge in [0.15, 0.2) is 5.96 Å². The summed E-state index contributed by atoms with van der Waals surface area (Å²) in [6.07, 6.45) is 4.96. The summed E-state index contributed by atoms with van der Waals surface area (Å²) in [6, 6.07) is 3.46. The first-order valence-electron chi connectivity index (χ1n) is 8.52. The average Bonchev–Trinajstić information content (AvgIpc) is 3.23. The van der Waals surface area contributed by atoms with Crippen LogP contribution in [0.3, 0.4) is 0 Å². The van der Waals surface area contributed by atoms with Crippen LogP contribution in [0.15, 0.2) is 35.6 Å². The quantitative estimate of drug-likeness (QED) is 0.420. The minimum Gasteiger partial charge on any atom is -0.357 e. The molecule has 142 valence electrons. The molecule has 1 N–H and O–H groups in total. The van der Waals surface area contributed by atoms with Crippen molar-refractivity contribution in [1.29, 1.82) is 0 Å². The van der Waals surface area contributed by atoms with E-state index in [1.54, 1.807) is 0 Å². The van der Waals surface area contributed by atoms with Crippen molar-refractivity contribution in [2.45, 2.75) is 25.8 Å². The lowest BCUT2D eigenvalue weighted by Gasteiger charge is -2.21. The largest absolute Gasteiger partial charge is 0.357 e. The predicted molar refractivity (Wildman–Crippen MR) is 109 cm³/mol. The van der Waals surface area contributed by atoms with E-state index >= 15 is 0 Å². The van der Waals surface area contributed by atoms with E-state index in [0.717, 1.165) is 44.1 Å². The third-order valence-corrected chi connectivity index (χ3v) is 4.43. The van der Waals surface area contributed by atoms with Crippen LogP contribution in [0.25, 0.3) is 0 Å². The molecule has 1 saturated heterocycles. The maximum Gasteiger partial charge on any atom is 0.194 e. The van der Waals surface area contributed by atoms with E-state index in [0.29, 0.717) is 5.92 Å². The summed E-state index contributed by atoms with van der Waals surface area (Å²) in [4.78, 5) is 6.67. The summed E-state index contributed by atoms with van der Waals surface area (Å²) in [5, 5.41) is 7.48. The Morgan fingerprint density at radius 2 is 2.19 bits per heavy atom. The molecule has 1 atom stereocenters. The Kier molecular flexibility index (Phi) is 7.36. The number of nitrogens with one attached hydrogen (secondary N) is 1. The van der Waals surface area contributed by atoms with Gasteiger partial charge < -0.3 is 10.2 Å². The molecule has 8 heteroatoms. The van der Waals surface area contributed by atoms with Crippen molar-refractivity contribution < 1.29 is 8.78 Å². The lowest BCUT2D eigenvalue weighted by atomic mass is 10.0. The second-order valence-electron chi connectivity index (χ2n) is 6.28. The maximum atomic E-state index is 13.8. The van der Waals surface area contributed by atoms with Crippen LogP contribution in [0.5, 0.6) is 0 Å². The number of rotatable bonds is 4. The normalized spacial score (nSPS) is 17.3. The topological polar surface area (TPSA) is 45.5 Å². The van der Waals surface area contributed by atoms with Gasteiger partial charge in [0, 0.05) is 44.4 Å². The zero-order chi connectivity index (χ0) is 17.8. The van der Waals surface area contributed by atoms with Gasteiger partial charge in [0.05, 0.1) is 12.7 Å². The van der Waals surface area contributed by atoms with Gasteiger partial charge in [0.2, 0.25) is 0 Å². The Labute approximate surface area is 169 Å². The van der Waals surface area contributed by atoms with Crippen molar-refractivity contribution in [3.05, 3.63) is 53.4 Å². The molecule has 1 unspecified atom stereocenters. The molecule has 1 aromatic carbocycles. The molecule has 0 spiro atoms. The minimum atomic E-state index is -0.450. The molecule has 0 bridgehead atoms. The Bertz CT molecular complexity index is 762. The van der Waals surface area contributed by atoms with E-state index in [9.17, 15) is 8.78 Å². The number of likely N-dealkylation sites (tertiary alicyclic amines) is 1. The molecule has 1 aliphatic rings. The molecule has 2 aromatic rings. The molecule has 1 aliphatic heterocycles. The highest BCUT2D eigenvalue weighted by Crippen LogP contribution is 2.26. The molecule has 1 fully saturated rings. The summed E-state index contributed by atoms with van der Waals surface area (Å²) >= 11 is 0. The van der Waals surface area contributed by atoms with Crippen LogP contribution in [0.2, 0.25) is 0 Å². The highest BCUT2D eigenvalue weighted by atomic mass is 127. The van der Waals surface area contributed by atoms with E-state index in [1.165, 1.54) is 11.6 Å². The van der Waals surface area contributed by atoms with Gasteiger partial charge in [-0.1, -0.05) is 0 Å². The average molecular weight is 475 g/mol. The Hall–Kier alpha value is -1.71. The fraction of sp³-hybridized carbons (Fsp3) is 0.444. The SMILES string of the molecule is CCNC(=NCc1cc(F)ccc1F)N1CCC(c2cnn(C)c2)C1.I. The van der Waals surface area contributed by atoms with Crippen LogP contribution in [0.1, 0.15) is 30.4 Å². The van der Waals surface area contributed by atoms with Gasteiger partial charge in [-0.15, -0.1) is 24.0 Å². The first kappa shape index (κ1) is 20.6. The van der Waals surface area contributed by atoms with Crippen molar-refractivity contribution in [3.8, 4) is 0 Å². The van der Waals surface area contributed by atoms with Crippen LogP contribution in [-0.4, -0.2) is 40.3 Å². The van der Waals surface area contributed by atoms with Crippen LogP contribution >= 0.6 is 24.0 Å². The van der Waals surface area contributed by atoms with E-state index < -0.39 is 11.6 Å². The van der Waals surface area contributed by atoms with Crippen LogP contribution in [-0.2, 0) is 13.6 Å². The summed E-state index contributed by atoms with van der Waals surface area (Å²) in [6.45, 7) is 4.53. The Morgan fingerprint density at radius 3 is 2.88 bits per heavy atom. The third kappa shape index (κ3) is 4.93. The molecule has 0 amide bonds. The Morgan fingerprint density at radius 1 is 1.38 bits per heavy atom. The van der Waals surface area contributed by atoms with Crippen molar-refractivity contribution in [3.63, 3.8) is 0 Å². The molecule has 26 heavy (non-hydrogen) atoms. The van der Waals surface area contributed by atoms with Gasteiger partial charge in [0.1, 0.15) is 11.6 Å². The first-order valence-corrected chi connectivity index (χ1v) is 8.52. The van der Waals surface area contributed by atoms with Gasteiger partial charge in [0.25, 0.3) is 0 Å². The zero-order valence-corrected chi connectivity index (χ0v) is 17.3. The molecule has 0 saturated carbocycles. The summed E-state index contributed by atoms with van der Waals surface area (Å²) in [5.74, 6) is 0.256. The second kappa shape index (κ2) is 9.29. The molecular weight excluding hydrogens is 451 g/mol.